The molecule has 0 saturated heterocycles. The van der Waals surface area contributed by atoms with Gasteiger partial charge in [0.15, 0.2) is 17.3 Å². The van der Waals surface area contributed by atoms with Gasteiger partial charge in [-0.15, -0.1) is 0 Å². The lowest BCUT2D eigenvalue weighted by Crippen LogP contribution is -2.37. The van der Waals surface area contributed by atoms with E-state index < -0.39 is 5.82 Å². The molecule has 1 amide bonds. The Labute approximate surface area is 165 Å². The number of hydrogen-bond donors (Lipinski definition) is 0. The number of amides is 1. The Hall–Kier alpha value is -2.73. The quantitative estimate of drug-likeness (QED) is 0.521. The van der Waals surface area contributed by atoms with E-state index in [-0.39, 0.29) is 30.5 Å². The molecule has 0 spiro atoms. The van der Waals surface area contributed by atoms with Gasteiger partial charge in [-0.1, -0.05) is 42.5 Å². The molecule has 2 rings (SSSR count). The van der Waals surface area contributed by atoms with Crippen LogP contribution in [0.1, 0.15) is 29.6 Å². The maximum atomic E-state index is 13.6. The van der Waals surface area contributed by atoms with Gasteiger partial charge in [0.25, 0.3) is 0 Å². The van der Waals surface area contributed by atoms with Gasteiger partial charge in [-0.2, -0.15) is 0 Å². The molecule has 0 atom stereocenters. The van der Waals surface area contributed by atoms with Gasteiger partial charge >= 0.3 is 0 Å². The van der Waals surface area contributed by atoms with Crippen LogP contribution >= 0.6 is 0 Å². The van der Waals surface area contributed by atoms with Crippen molar-refractivity contribution in [3.8, 4) is 5.75 Å². The van der Waals surface area contributed by atoms with E-state index in [1.54, 1.807) is 42.3 Å². The summed E-state index contributed by atoms with van der Waals surface area (Å²) in [6.45, 7) is 1.32. The molecule has 0 bridgehead atoms. The van der Waals surface area contributed by atoms with Crippen LogP contribution < -0.4 is 4.74 Å². The Bertz CT molecular complexity index is 751. The summed E-state index contributed by atoms with van der Waals surface area (Å²) < 4.78 is 24.1. The number of carbonyl (C=O) groups excluding carboxylic acids is 2. The van der Waals surface area contributed by atoms with Gasteiger partial charge in [0, 0.05) is 32.1 Å². The number of ether oxygens (including phenoxy) is 2. The summed E-state index contributed by atoms with van der Waals surface area (Å²) in [6, 6.07) is 15.2. The zero-order valence-electron chi connectivity index (χ0n) is 16.1. The molecule has 0 aliphatic carbocycles. The second kappa shape index (κ2) is 11.9. The van der Waals surface area contributed by atoms with E-state index in [9.17, 15) is 14.0 Å². The van der Waals surface area contributed by atoms with Gasteiger partial charge in [0.1, 0.15) is 6.61 Å². The third-order valence-corrected chi connectivity index (χ3v) is 4.26. The molecule has 0 N–H and O–H groups in total. The number of benzene rings is 2. The number of halogens is 1. The normalized spacial score (nSPS) is 10.5. The highest BCUT2D eigenvalue weighted by molar-refractivity contribution is 5.96. The van der Waals surface area contributed by atoms with Crippen LogP contribution in [0.4, 0.5) is 4.39 Å². The Morgan fingerprint density at radius 3 is 2.32 bits per heavy atom. The average molecular weight is 387 g/mol. The summed E-state index contributed by atoms with van der Waals surface area (Å²) in [4.78, 5) is 26.3. The number of para-hydroxylation sites is 1. The molecule has 0 fully saturated rings. The van der Waals surface area contributed by atoms with Crippen molar-refractivity contribution in [1.82, 2.24) is 4.90 Å². The van der Waals surface area contributed by atoms with E-state index in [0.29, 0.717) is 38.1 Å². The maximum Gasteiger partial charge on any atom is 0.222 e. The highest BCUT2D eigenvalue weighted by Gasteiger charge is 2.15. The van der Waals surface area contributed by atoms with Gasteiger partial charge in [-0.05, 0) is 18.6 Å². The molecule has 0 unspecified atom stereocenters. The summed E-state index contributed by atoms with van der Waals surface area (Å²) >= 11 is 0. The number of ketones is 1. The smallest absolute Gasteiger partial charge is 0.222 e. The minimum Gasteiger partial charge on any atom is -0.489 e. The van der Waals surface area contributed by atoms with Crippen LogP contribution in [0.2, 0.25) is 0 Å². The predicted molar refractivity (Wildman–Crippen MR) is 105 cm³/mol. The van der Waals surface area contributed by atoms with Crippen molar-refractivity contribution in [2.45, 2.75) is 19.3 Å². The fourth-order valence-corrected chi connectivity index (χ4v) is 2.72. The maximum absolute atomic E-state index is 13.6. The van der Waals surface area contributed by atoms with E-state index in [1.807, 2.05) is 18.2 Å². The second-order valence-corrected chi connectivity index (χ2v) is 6.30. The topological polar surface area (TPSA) is 55.8 Å². The first-order chi connectivity index (χ1) is 13.6. The summed E-state index contributed by atoms with van der Waals surface area (Å²) in [6.07, 6.45) is 1.06. The first-order valence-electron chi connectivity index (χ1n) is 9.34. The number of nitrogens with zero attached hydrogens (tertiary/aromatic N) is 1. The van der Waals surface area contributed by atoms with E-state index in [0.717, 1.165) is 0 Å². The standard InChI is InChI=1S/C22H26FNO4/c1-27-16-14-24(15-17-28-21-12-6-5-10-19(21)23)22(26)13-7-11-20(25)18-8-3-2-4-9-18/h2-6,8-10,12H,7,11,13-17H2,1H3. The van der Waals surface area contributed by atoms with Crippen LogP contribution in [0.3, 0.4) is 0 Å². The molecular formula is C22H26FNO4. The van der Waals surface area contributed by atoms with Crippen LogP contribution in [-0.2, 0) is 9.53 Å². The lowest BCUT2D eigenvalue weighted by Gasteiger charge is -2.22. The SMILES string of the molecule is COCCN(CCOc1ccccc1F)C(=O)CCCC(=O)c1ccccc1. The van der Waals surface area contributed by atoms with E-state index in [4.69, 9.17) is 9.47 Å². The molecule has 2 aromatic rings. The van der Waals surface area contributed by atoms with Gasteiger partial charge in [0.2, 0.25) is 5.91 Å². The average Bonchev–Trinajstić information content (AvgIpc) is 2.72. The molecule has 0 aromatic heterocycles. The minimum atomic E-state index is -0.434. The van der Waals surface area contributed by atoms with Crippen molar-refractivity contribution in [3.63, 3.8) is 0 Å². The minimum absolute atomic E-state index is 0.0275. The van der Waals surface area contributed by atoms with Crippen molar-refractivity contribution >= 4 is 11.7 Å². The van der Waals surface area contributed by atoms with Crippen LogP contribution in [0, 0.1) is 5.82 Å². The molecule has 5 nitrogen and oxygen atoms in total. The fraction of sp³-hybridized carbons (Fsp3) is 0.364. The van der Waals surface area contributed by atoms with Crippen molar-refractivity contribution in [2.24, 2.45) is 0 Å². The number of hydrogen-bond acceptors (Lipinski definition) is 4. The fourth-order valence-electron chi connectivity index (χ4n) is 2.72. The van der Waals surface area contributed by atoms with Crippen molar-refractivity contribution in [2.75, 3.05) is 33.4 Å². The molecule has 0 saturated carbocycles. The monoisotopic (exact) mass is 387 g/mol. The number of methoxy groups -OCH3 is 1. The predicted octanol–water partition coefficient (Wildman–Crippen LogP) is 3.73. The number of rotatable bonds is 12. The van der Waals surface area contributed by atoms with Gasteiger partial charge in [-0.3, -0.25) is 9.59 Å². The first-order valence-corrected chi connectivity index (χ1v) is 9.34. The third-order valence-electron chi connectivity index (χ3n) is 4.26. The zero-order chi connectivity index (χ0) is 20.2. The lowest BCUT2D eigenvalue weighted by molar-refractivity contribution is -0.132. The largest absolute Gasteiger partial charge is 0.489 e. The Kier molecular flexibility index (Phi) is 9.15. The zero-order valence-corrected chi connectivity index (χ0v) is 16.1. The van der Waals surface area contributed by atoms with Crippen LogP contribution in [-0.4, -0.2) is 50.0 Å². The summed E-state index contributed by atoms with van der Waals surface area (Å²) in [5.74, 6) is -0.318. The number of Topliss-reactive ketones (excluding diaryl/α,β-unsaturated/α-hetero) is 1. The van der Waals surface area contributed by atoms with Crippen molar-refractivity contribution in [3.05, 3.63) is 66.0 Å². The van der Waals surface area contributed by atoms with Gasteiger partial charge < -0.3 is 14.4 Å². The summed E-state index contributed by atoms with van der Waals surface area (Å²) in [5, 5.41) is 0. The molecule has 2 aromatic carbocycles. The molecular weight excluding hydrogens is 361 g/mol. The lowest BCUT2D eigenvalue weighted by atomic mass is 10.1. The molecule has 28 heavy (non-hydrogen) atoms. The molecule has 6 heteroatoms. The van der Waals surface area contributed by atoms with Crippen molar-refractivity contribution < 1.29 is 23.5 Å². The number of carbonyl (C=O) groups is 2. The van der Waals surface area contributed by atoms with Gasteiger partial charge in [-0.25, -0.2) is 4.39 Å². The van der Waals surface area contributed by atoms with Crippen LogP contribution in [0.5, 0.6) is 5.75 Å². The molecule has 150 valence electrons. The van der Waals surface area contributed by atoms with E-state index in [1.165, 1.54) is 6.07 Å². The molecule has 0 radical (unpaired) electrons. The Morgan fingerprint density at radius 1 is 0.929 bits per heavy atom. The third kappa shape index (κ3) is 7.12. The Morgan fingerprint density at radius 2 is 1.61 bits per heavy atom. The van der Waals surface area contributed by atoms with Crippen molar-refractivity contribution in [1.29, 1.82) is 0 Å². The van der Waals surface area contributed by atoms with E-state index in [2.05, 4.69) is 0 Å². The summed E-state index contributed by atoms with van der Waals surface area (Å²) in [7, 11) is 1.57. The first kappa shape index (κ1) is 21.6. The van der Waals surface area contributed by atoms with Gasteiger partial charge in [0.05, 0.1) is 13.2 Å². The molecule has 0 aliphatic rings. The second-order valence-electron chi connectivity index (χ2n) is 6.30. The molecule has 0 heterocycles. The van der Waals surface area contributed by atoms with E-state index >= 15 is 0 Å². The molecule has 0 aliphatic heterocycles. The highest BCUT2D eigenvalue weighted by atomic mass is 19.1. The highest BCUT2D eigenvalue weighted by Crippen LogP contribution is 2.15. The summed E-state index contributed by atoms with van der Waals surface area (Å²) in [5.41, 5.74) is 0.657. The Balaban J connectivity index is 1.79. The van der Waals surface area contributed by atoms with Crippen LogP contribution in [0.25, 0.3) is 0 Å². The van der Waals surface area contributed by atoms with Crippen LogP contribution in [0.15, 0.2) is 54.6 Å².